The lowest BCUT2D eigenvalue weighted by Crippen LogP contribution is -1.92. The van der Waals surface area contributed by atoms with Crippen LogP contribution < -0.4 is 0 Å². The number of benzene rings is 3. The molecule has 1 unspecified atom stereocenters. The van der Waals surface area contributed by atoms with Gasteiger partial charge in [-0.2, -0.15) is 0 Å². The predicted molar refractivity (Wildman–Crippen MR) is 83.2 cm³/mol. The molecule has 1 atom stereocenters. The number of aliphatic hydroxyl groups is 1. The second kappa shape index (κ2) is 4.32. The highest BCUT2D eigenvalue weighted by molar-refractivity contribution is 6.06. The Bertz CT molecular complexity index is 810. The summed E-state index contributed by atoms with van der Waals surface area (Å²) in [5.74, 6) is 0. The summed E-state index contributed by atoms with van der Waals surface area (Å²) in [5, 5.41) is 13.0. The molecule has 96 valence electrons. The van der Waals surface area contributed by atoms with Gasteiger partial charge in [-0.05, 0) is 39.1 Å². The Kier molecular flexibility index (Phi) is 2.48. The smallest absolute Gasteiger partial charge is 0.105 e. The Balaban J connectivity index is 1.98. The number of aliphatic hydroxyl groups excluding tert-OH is 1. The van der Waals surface area contributed by atoms with Crippen molar-refractivity contribution in [1.82, 2.24) is 0 Å². The fourth-order valence-electron chi connectivity index (χ4n) is 3.04. The molecule has 0 saturated carbocycles. The maximum absolute atomic E-state index is 10.6. The van der Waals surface area contributed by atoms with Gasteiger partial charge in [0.15, 0.2) is 0 Å². The van der Waals surface area contributed by atoms with Crippen molar-refractivity contribution in [3.05, 3.63) is 83.4 Å². The average Bonchev–Trinajstić information content (AvgIpc) is 2.77. The van der Waals surface area contributed by atoms with Gasteiger partial charge in [-0.15, -0.1) is 0 Å². The molecular formula is C19H14O. The van der Waals surface area contributed by atoms with Gasteiger partial charge in [-0.1, -0.05) is 66.7 Å². The van der Waals surface area contributed by atoms with E-state index >= 15 is 0 Å². The number of hydrogen-bond donors (Lipinski definition) is 1. The van der Waals surface area contributed by atoms with Crippen LogP contribution in [0.2, 0.25) is 0 Å². The fourth-order valence-corrected chi connectivity index (χ4v) is 3.04. The minimum absolute atomic E-state index is 0.531. The Morgan fingerprint density at radius 2 is 1.55 bits per heavy atom. The minimum Gasteiger partial charge on any atom is -0.384 e. The molecular weight excluding hydrogens is 244 g/mol. The molecule has 0 saturated heterocycles. The van der Waals surface area contributed by atoms with E-state index in [-0.39, 0.29) is 0 Å². The van der Waals surface area contributed by atoms with Crippen LogP contribution in [-0.4, -0.2) is 5.11 Å². The zero-order valence-electron chi connectivity index (χ0n) is 11.0. The first-order chi connectivity index (χ1) is 9.84. The molecule has 1 aliphatic carbocycles. The molecule has 0 aliphatic heterocycles. The van der Waals surface area contributed by atoms with Crippen LogP contribution in [-0.2, 0) is 0 Å². The zero-order valence-corrected chi connectivity index (χ0v) is 11.0. The largest absolute Gasteiger partial charge is 0.384 e. The molecule has 0 amide bonds. The van der Waals surface area contributed by atoms with Crippen molar-refractivity contribution in [2.45, 2.75) is 6.10 Å². The summed E-state index contributed by atoms with van der Waals surface area (Å²) in [6.45, 7) is 0. The Hall–Kier alpha value is -2.38. The lowest BCUT2D eigenvalue weighted by molar-refractivity contribution is 0.243. The third-order valence-corrected chi connectivity index (χ3v) is 3.96. The van der Waals surface area contributed by atoms with Crippen molar-refractivity contribution in [3.8, 4) is 0 Å². The van der Waals surface area contributed by atoms with E-state index in [4.69, 9.17) is 0 Å². The van der Waals surface area contributed by atoms with E-state index < -0.39 is 6.10 Å². The summed E-state index contributed by atoms with van der Waals surface area (Å²) in [6, 6.07) is 22.5. The summed E-state index contributed by atoms with van der Waals surface area (Å²) in [4.78, 5) is 0. The Labute approximate surface area is 117 Å². The molecule has 0 radical (unpaired) electrons. The lowest BCUT2D eigenvalue weighted by atomic mass is 10.0. The molecule has 3 aromatic carbocycles. The van der Waals surface area contributed by atoms with Gasteiger partial charge in [-0.3, -0.25) is 0 Å². The average molecular weight is 258 g/mol. The molecule has 1 heteroatoms. The molecule has 0 heterocycles. The Morgan fingerprint density at radius 3 is 2.35 bits per heavy atom. The topological polar surface area (TPSA) is 20.2 Å². The van der Waals surface area contributed by atoms with Gasteiger partial charge in [0.1, 0.15) is 6.10 Å². The fraction of sp³-hybridized carbons (Fsp3) is 0.0526. The van der Waals surface area contributed by atoms with Crippen LogP contribution in [0.5, 0.6) is 0 Å². The van der Waals surface area contributed by atoms with Gasteiger partial charge in [0.25, 0.3) is 0 Å². The van der Waals surface area contributed by atoms with Gasteiger partial charge in [0, 0.05) is 0 Å². The minimum atomic E-state index is -0.531. The van der Waals surface area contributed by atoms with Gasteiger partial charge in [0.2, 0.25) is 0 Å². The van der Waals surface area contributed by atoms with E-state index in [1.165, 1.54) is 10.8 Å². The predicted octanol–water partition coefficient (Wildman–Crippen LogP) is 4.43. The first-order valence-electron chi connectivity index (χ1n) is 6.81. The van der Waals surface area contributed by atoms with Crippen LogP contribution in [0.15, 0.2) is 66.7 Å². The monoisotopic (exact) mass is 258 g/mol. The summed E-state index contributed by atoms with van der Waals surface area (Å²) < 4.78 is 0. The first-order valence-corrected chi connectivity index (χ1v) is 6.81. The van der Waals surface area contributed by atoms with Crippen LogP contribution in [0, 0.1) is 0 Å². The van der Waals surface area contributed by atoms with Gasteiger partial charge < -0.3 is 5.11 Å². The number of rotatable bonds is 1. The van der Waals surface area contributed by atoms with Crippen molar-refractivity contribution >= 4 is 22.4 Å². The maximum atomic E-state index is 10.6. The van der Waals surface area contributed by atoms with Crippen LogP contribution >= 0.6 is 0 Å². The number of hydrogen-bond acceptors (Lipinski definition) is 1. The molecule has 0 spiro atoms. The molecule has 4 rings (SSSR count). The van der Waals surface area contributed by atoms with Crippen LogP contribution in [0.25, 0.3) is 22.4 Å². The SMILES string of the molecule is OC1C(=Cc2ccccc2)c2cccc3cccc1c23. The van der Waals surface area contributed by atoms with E-state index in [1.54, 1.807) is 0 Å². The highest BCUT2D eigenvalue weighted by Gasteiger charge is 2.26. The third kappa shape index (κ3) is 1.60. The second-order valence-electron chi connectivity index (χ2n) is 5.16. The molecule has 3 aromatic rings. The summed E-state index contributed by atoms with van der Waals surface area (Å²) in [6.07, 6.45) is 1.55. The van der Waals surface area contributed by atoms with Crippen LogP contribution in [0.3, 0.4) is 0 Å². The van der Waals surface area contributed by atoms with E-state index in [0.717, 1.165) is 22.3 Å². The van der Waals surface area contributed by atoms with Crippen molar-refractivity contribution in [2.24, 2.45) is 0 Å². The molecule has 1 N–H and O–H groups in total. The quantitative estimate of drug-likeness (QED) is 0.684. The van der Waals surface area contributed by atoms with Gasteiger partial charge in [-0.25, -0.2) is 0 Å². The maximum Gasteiger partial charge on any atom is 0.105 e. The van der Waals surface area contributed by atoms with E-state index in [1.807, 2.05) is 30.3 Å². The molecule has 20 heavy (non-hydrogen) atoms. The standard InChI is InChI=1S/C19H14O/c20-19-16-11-5-9-14-8-4-10-15(18(14)16)17(19)12-13-6-2-1-3-7-13/h1-12,19-20H. The van der Waals surface area contributed by atoms with Gasteiger partial charge in [0.05, 0.1) is 0 Å². The summed E-state index contributed by atoms with van der Waals surface area (Å²) in [5.41, 5.74) is 4.27. The van der Waals surface area contributed by atoms with E-state index in [0.29, 0.717) is 0 Å². The van der Waals surface area contributed by atoms with E-state index in [9.17, 15) is 5.11 Å². The molecule has 1 nitrogen and oxygen atoms in total. The lowest BCUT2D eigenvalue weighted by Gasteiger charge is -2.07. The Morgan fingerprint density at radius 1 is 0.800 bits per heavy atom. The van der Waals surface area contributed by atoms with Crippen LogP contribution in [0.1, 0.15) is 22.8 Å². The third-order valence-electron chi connectivity index (χ3n) is 3.96. The zero-order chi connectivity index (χ0) is 13.5. The highest BCUT2D eigenvalue weighted by atomic mass is 16.3. The summed E-state index contributed by atoms with van der Waals surface area (Å²) in [7, 11) is 0. The van der Waals surface area contributed by atoms with Crippen molar-refractivity contribution in [1.29, 1.82) is 0 Å². The second-order valence-corrected chi connectivity index (χ2v) is 5.16. The van der Waals surface area contributed by atoms with Gasteiger partial charge >= 0.3 is 0 Å². The molecule has 0 aromatic heterocycles. The van der Waals surface area contributed by atoms with E-state index in [2.05, 4.69) is 42.5 Å². The molecule has 0 bridgehead atoms. The van der Waals surface area contributed by atoms with Crippen LogP contribution in [0.4, 0.5) is 0 Å². The highest BCUT2D eigenvalue weighted by Crippen LogP contribution is 2.45. The molecule has 0 fully saturated rings. The molecule has 1 aliphatic rings. The van der Waals surface area contributed by atoms with Crippen molar-refractivity contribution in [2.75, 3.05) is 0 Å². The van der Waals surface area contributed by atoms with Crippen molar-refractivity contribution in [3.63, 3.8) is 0 Å². The van der Waals surface area contributed by atoms with Crippen molar-refractivity contribution < 1.29 is 5.11 Å². The normalized spacial score (nSPS) is 18.9. The summed E-state index contributed by atoms with van der Waals surface area (Å²) >= 11 is 0. The first kappa shape index (κ1) is 11.4.